The van der Waals surface area contributed by atoms with E-state index in [0.717, 1.165) is 12.1 Å². The molecule has 2 aromatic rings. The summed E-state index contributed by atoms with van der Waals surface area (Å²) in [7, 11) is 0. The summed E-state index contributed by atoms with van der Waals surface area (Å²) in [6.07, 6.45) is 0.557. The van der Waals surface area contributed by atoms with E-state index >= 15 is 0 Å². The molecule has 5 nitrogen and oxygen atoms in total. The first-order valence-electron chi connectivity index (χ1n) is 5.37. The summed E-state index contributed by atoms with van der Waals surface area (Å²) >= 11 is 0. The van der Waals surface area contributed by atoms with Gasteiger partial charge in [0.25, 0.3) is 0 Å². The van der Waals surface area contributed by atoms with Crippen LogP contribution in [0.3, 0.4) is 0 Å². The number of nitrogens with two attached hydrogens (primary N) is 1. The van der Waals surface area contributed by atoms with E-state index in [0.29, 0.717) is 24.6 Å². The Morgan fingerprint density at radius 2 is 2.17 bits per heavy atom. The van der Waals surface area contributed by atoms with Crippen molar-refractivity contribution in [2.24, 2.45) is 5.73 Å². The third-order valence-corrected chi connectivity index (χ3v) is 2.20. The van der Waals surface area contributed by atoms with E-state index in [4.69, 9.17) is 10.5 Å². The second-order valence-electron chi connectivity index (χ2n) is 3.60. The first-order chi connectivity index (χ1) is 8.69. The van der Waals surface area contributed by atoms with Crippen LogP contribution in [0.5, 0.6) is 5.75 Å². The summed E-state index contributed by atoms with van der Waals surface area (Å²) in [5, 5.41) is 6.56. The van der Waals surface area contributed by atoms with Crippen LogP contribution in [0.1, 0.15) is 11.6 Å². The van der Waals surface area contributed by atoms with Crippen LogP contribution in [0, 0.1) is 11.6 Å². The Kier molecular flexibility index (Phi) is 3.83. The van der Waals surface area contributed by atoms with Crippen molar-refractivity contribution < 1.29 is 13.5 Å². The number of halogens is 2. The van der Waals surface area contributed by atoms with Gasteiger partial charge in [-0.25, -0.2) is 13.8 Å². The molecular formula is C11H12F2N4O. The minimum absolute atomic E-state index is 0.0279. The van der Waals surface area contributed by atoms with Crippen molar-refractivity contribution in [3.63, 3.8) is 0 Å². The van der Waals surface area contributed by atoms with Crippen molar-refractivity contribution in [1.29, 1.82) is 0 Å². The van der Waals surface area contributed by atoms with Crippen LogP contribution >= 0.6 is 0 Å². The quantitative estimate of drug-likeness (QED) is 0.839. The number of benzene rings is 1. The summed E-state index contributed by atoms with van der Waals surface area (Å²) < 4.78 is 31.1. The first-order valence-corrected chi connectivity index (χ1v) is 5.37. The Morgan fingerprint density at radius 3 is 2.89 bits per heavy atom. The zero-order chi connectivity index (χ0) is 13.0. The molecule has 0 amide bonds. The van der Waals surface area contributed by atoms with E-state index in [1.54, 1.807) is 0 Å². The molecule has 0 atom stereocenters. The fourth-order valence-corrected chi connectivity index (χ4v) is 1.38. The average molecular weight is 254 g/mol. The number of rotatable bonds is 5. The van der Waals surface area contributed by atoms with E-state index in [2.05, 4.69) is 15.2 Å². The molecule has 0 bridgehead atoms. The van der Waals surface area contributed by atoms with Gasteiger partial charge in [0.15, 0.2) is 23.2 Å². The Hall–Kier alpha value is -2.02. The molecule has 2 rings (SSSR count). The smallest absolute Gasteiger partial charge is 0.167 e. The summed E-state index contributed by atoms with van der Waals surface area (Å²) in [6, 6.07) is 3.11. The maximum Gasteiger partial charge on any atom is 0.167 e. The van der Waals surface area contributed by atoms with Crippen LogP contribution < -0.4 is 10.5 Å². The minimum atomic E-state index is -0.753. The lowest BCUT2D eigenvalue weighted by atomic mass is 10.3. The van der Waals surface area contributed by atoms with E-state index < -0.39 is 11.6 Å². The number of nitrogens with zero attached hydrogens (tertiary/aromatic N) is 2. The van der Waals surface area contributed by atoms with Gasteiger partial charge in [0.05, 0.1) is 0 Å². The summed E-state index contributed by atoms with van der Waals surface area (Å²) in [5.74, 6) is -0.396. The standard InChI is InChI=1S/C11H12F2N4O/c12-7-1-2-9(8(13)5-7)18-6-11-15-10(3-4-14)16-17-11/h1-2,5H,3-4,6,14H2,(H,15,16,17). The lowest BCUT2D eigenvalue weighted by Gasteiger charge is -2.04. The predicted octanol–water partition coefficient (Wildman–Crippen LogP) is 1.16. The number of ether oxygens (including phenoxy) is 1. The Morgan fingerprint density at radius 1 is 1.33 bits per heavy atom. The third-order valence-electron chi connectivity index (χ3n) is 2.20. The fraction of sp³-hybridized carbons (Fsp3) is 0.273. The highest BCUT2D eigenvalue weighted by Crippen LogP contribution is 2.18. The van der Waals surface area contributed by atoms with Gasteiger partial charge in [-0.2, -0.15) is 5.10 Å². The van der Waals surface area contributed by atoms with Gasteiger partial charge in [0, 0.05) is 12.5 Å². The largest absolute Gasteiger partial charge is 0.483 e. The van der Waals surface area contributed by atoms with E-state index in [1.807, 2.05) is 0 Å². The lowest BCUT2D eigenvalue weighted by molar-refractivity contribution is 0.280. The van der Waals surface area contributed by atoms with Gasteiger partial charge in [-0.1, -0.05) is 0 Å². The van der Waals surface area contributed by atoms with Gasteiger partial charge < -0.3 is 10.5 Å². The first kappa shape index (κ1) is 12.4. The number of hydrogen-bond acceptors (Lipinski definition) is 4. The van der Waals surface area contributed by atoms with E-state index in [-0.39, 0.29) is 12.4 Å². The zero-order valence-corrected chi connectivity index (χ0v) is 9.49. The van der Waals surface area contributed by atoms with Crippen molar-refractivity contribution in [3.05, 3.63) is 41.5 Å². The van der Waals surface area contributed by atoms with Gasteiger partial charge in [-0.3, -0.25) is 5.10 Å². The molecule has 96 valence electrons. The predicted molar refractivity (Wildman–Crippen MR) is 59.8 cm³/mol. The normalized spacial score (nSPS) is 10.6. The molecular weight excluding hydrogens is 242 g/mol. The van der Waals surface area contributed by atoms with Crippen LogP contribution in [-0.4, -0.2) is 21.7 Å². The van der Waals surface area contributed by atoms with Crippen LogP contribution in [0.15, 0.2) is 18.2 Å². The summed E-state index contributed by atoms with van der Waals surface area (Å²) in [4.78, 5) is 4.09. The van der Waals surface area contributed by atoms with Crippen molar-refractivity contribution in [2.45, 2.75) is 13.0 Å². The number of aromatic amines is 1. The molecule has 3 N–H and O–H groups in total. The molecule has 18 heavy (non-hydrogen) atoms. The molecule has 1 aromatic heterocycles. The van der Waals surface area contributed by atoms with Gasteiger partial charge in [-0.05, 0) is 18.7 Å². The molecule has 7 heteroatoms. The molecule has 0 aliphatic heterocycles. The Balaban J connectivity index is 1.97. The van der Waals surface area contributed by atoms with Gasteiger partial charge in [-0.15, -0.1) is 0 Å². The van der Waals surface area contributed by atoms with Crippen LogP contribution in [0.4, 0.5) is 8.78 Å². The van der Waals surface area contributed by atoms with Crippen molar-refractivity contribution in [3.8, 4) is 5.75 Å². The summed E-state index contributed by atoms with van der Waals surface area (Å²) in [5.41, 5.74) is 5.36. The van der Waals surface area contributed by atoms with Crippen molar-refractivity contribution in [2.75, 3.05) is 6.54 Å². The second-order valence-corrected chi connectivity index (χ2v) is 3.60. The SMILES string of the molecule is NCCc1n[nH]c(COc2ccc(F)cc2F)n1. The van der Waals surface area contributed by atoms with Crippen LogP contribution in [0.25, 0.3) is 0 Å². The molecule has 0 saturated heterocycles. The molecule has 0 aliphatic rings. The Bertz CT molecular complexity index is 530. The molecule has 0 saturated carbocycles. The topological polar surface area (TPSA) is 76.8 Å². The van der Waals surface area contributed by atoms with Crippen LogP contribution in [0.2, 0.25) is 0 Å². The lowest BCUT2D eigenvalue weighted by Crippen LogP contribution is -2.04. The van der Waals surface area contributed by atoms with Crippen molar-refractivity contribution >= 4 is 0 Å². The van der Waals surface area contributed by atoms with Gasteiger partial charge in [0.2, 0.25) is 0 Å². The van der Waals surface area contributed by atoms with Gasteiger partial charge in [0.1, 0.15) is 12.4 Å². The maximum atomic E-state index is 13.3. The van der Waals surface area contributed by atoms with E-state index in [1.165, 1.54) is 6.07 Å². The highest BCUT2D eigenvalue weighted by Gasteiger charge is 2.07. The zero-order valence-electron chi connectivity index (χ0n) is 9.49. The average Bonchev–Trinajstić information content (AvgIpc) is 2.76. The monoisotopic (exact) mass is 254 g/mol. The van der Waals surface area contributed by atoms with Crippen LogP contribution in [-0.2, 0) is 13.0 Å². The summed E-state index contributed by atoms with van der Waals surface area (Å²) in [6.45, 7) is 0.477. The molecule has 1 aromatic carbocycles. The highest BCUT2D eigenvalue weighted by atomic mass is 19.1. The molecule has 0 fully saturated rings. The van der Waals surface area contributed by atoms with E-state index in [9.17, 15) is 8.78 Å². The molecule has 1 heterocycles. The number of H-pyrrole nitrogens is 1. The molecule has 0 radical (unpaired) electrons. The molecule has 0 aliphatic carbocycles. The maximum absolute atomic E-state index is 13.3. The molecule has 0 unspecified atom stereocenters. The van der Waals surface area contributed by atoms with Crippen molar-refractivity contribution in [1.82, 2.24) is 15.2 Å². The minimum Gasteiger partial charge on any atom is -0.483 e. The fourth-order valence-electron chi connectivity index (χ4n) is 1.38. The number of hydrogen-bond donors (Lipinski definition) is 2. The molecule has 0 spiro atoms. The Labute approximate surface area is 102 Å². The number of aromatic nitrogens is 3. The van der Waals surface area contributed by atoms with Gasteiger partial charge >= 0.3 is 0 Å². The second kappa shape index (κ2) is 5.54. The third kappa shape index (κ3) is 3.01. The highest BCUT2D eigenvalue weighted by molar-refractivity contribution is 5.24. The number of nitrogens with one attached hydrogen (secondary N) is 1.